The van der Waals surface area contributed by atoms with Gasteiger partial charge in [-0.15, -0.1) is 0 Å². The molecule has 2 aromatic rings. The van der Waals surface area contributed by atoms with Crippen LogP contribution in [-0.4, -0.2) is 29.5 Å². The number of amides is 1. The number of piperidine rings is 1. The van der Waals surface area contributed by atoms with Crippen LogP contribution in [0.4, 0.5) is 0 Å². The summed E-state index contributed by atoms with van der Waals surface area (Å²) in [7, 11) is 0. The number of hydrogen-bond donors (Lipinski definition) is 1. The van der Waals surface area contributed by atoms with Crippen LogP contribution in [0.15, 0.2) is 48.5 Å². The molecular weight excluding hydrogens is 360 g/mol. The van der Waals surface area contributed by atoms with Crippen LogP contribution in [0.5, 0.6) is 5.75 Å². The third-order valence-corrected chi connectivity index (χ3v) is 6.05. The highest BCUT2D eigenvalue weighted by Gasteiger charge is 2.34. The average Bonchev–Trinajstić information content (AvgIpc) is 2.67. The molecule has 2 heterocycles. The molecule has 154 valence electrons. The van der Waals surface area contributed by atoms with Gasteiger partial charge in [-0.3, -0.25) is 9.69 Å². The van der Waals surface area contributed by atoms with Gasteiger partial charge in [-0.2, -0.15) is 0 Å². The summed E-state index contributed by atoms with van der Waals surface area (Å²) in [6, 6.07) is 16.0. The molecule has 2 aromatic carbocycles. The summed E-state index contributed by atoms with van der Waals surface area (Å²) in [6.45, 7) is 9.77. The first-order valence-corrected chi connectivity index (χ1v) is 10.8. The second-order valence-electron chi connectivity index (χ2n) is 9.31. The summed E-state index contributed by atoms with van der Waals surface area (Å²) >= 11 is 0. The Hall–Kier alpha value is -2.33. The predicted molar refractivity (Wildman–Crippen MR) is 116 cm³/mol. The van der Waals surface area contributed by atoms with E-state index in [9.17, 15) is 4.79 Å². The van der Waals surface area contributed by atoms with Crippen LogP contribution in [0.1, 0.15) is 67.6 Å². The number of benzene rings is 2. The molecular formula is C25H32N2O2. The Labute approximate surface area is 174 Å². The molecule has 0 bridgehead atoms. The van der Waals surface area contributed by atoms with Gasteiger partial charge in [0.25, 0.3) is 5.91 Å². The lowest BCUT2D eigenvalue weighted by Gasteiger charge is -2.37. The van der Waals surface area contributed by atoms with Crippen LogP contribution in [0.3, 0.4) is 0 Å². The number of carbonyl (C=O) groups excluding carboxylic acids is 1. The van der Waals surface area contributed by atoms with Crippen LogP contribution in [0.25, 0.3) is 0 Å². The van der Waals surface area contributed by atoms with E-state index < -0.39 is 0 Å². The first kappa shape index (κ1) is 20.0. The minimum atomic E-state index is -0.304. The summed E-state index contributed by atoms with van der Waals surface area (Å²) in [6.07, 6.45) is 3.37. The number of fused-ring (bicyclic) bond motifs is 1. The molecule has 4 nitrogen and oxygen atoms in total. The minimum Gasteiger partial charge on any atom is -0.487 e. The third-order valence-electron chi connectivity index (χ3n) is 6.05. The number of likely N-dealkylation sites (tertiary alicyclic amines) is 1. The van der Waals surface area contributed by atoms with Gasteiger partial charge in [-0.05, 0) is 62.9 Å². The minimum absolute atomic E-state index is 0.0272. The van der Waals surface area contributed by atoms with Crippen LogP contribution in [-0.2, 0) is 6.54 Å². The van der Waals surface area contributed by atoms with Gasteiger partial charge < -0.3 is 10.1 Å². The van der Waals surface area contributed by atoms with Crippen molar-refractivity contribution >= 4 is 5.91 Å². The molecule has 2 atom stereocenters. The number of ether oxygens (including phenoxy) is 1. The van der Waals surface area contributed by atoms with Crippen molar-refractivity contribution in [2.24, 2.45) is 5.92 Å². The second kappa shape index (κ2) is 8.19. The van der Waals surface area contributed by atoms with Gasteiger partial charge in [-0.1, -0.05) is 37.3 Å². The fourth-order valence-electron chi connectivity index (χ4n) is 4.62. The maximum absolute atomic E-state index is 12.9. The molecule has 0 saturated carbocycles. The van der Waals surface area contributed by atoms with Gasteiger partial charge in [-0.25, -0.2) is 0 Å². The van der Waals surface area contributed by atoms with E-state index in [0.717, 1.165) is 30.2 Å². The van der Waals surface area contributed by atoms with Gasteiger partial charge in [0, 0.05) is 30.6 Å². The Morgan fingerprint density at radius 1 is 1.17 bits per heavy atom. The standard InChI is InChI=1S/C25H32N2O2/c1-18-7-6-14-27(16-18)17-19-10-12-20(13-11-19)24(28)26-22-15-25(2,3)29-23-9-5-4-8-21(22)23/h4-5,8-13,18,22H,6-7,14-17H2,1-3H3,(H,26,28)/t18-,22-/m1/s1. The Kier molecular flexibility index (Phi) is 5.64. The summed E-state index contributed by atoms with van der Waals surface area (Å²) in [5, 5.41) is 3.22. The largest absolute Gasteiger partial charge is 0.487 e. The van der Waals surface area contributed by atoms with Gasteiger partial charge >= 0.3 is 0 Å². The summed E-state index contributed by atoms with van der Waals surface area (Å²) in [5.74, 6) is 1.61. The number of hydrogen-bond acceptors (Lipinski definition) is 3. The maximum atomic E-state index is 12.9. The van der Waals surface area contributed by atoms with Gasteiger partial charge in [0.1, 0.15) is 11.4 Å². The lowest BCUT2D eigenvalue weighted by molar-refractivity contribution is 0.0619. The first-order chi connectivity index (χ1) is 13.9. The Morgan fingerprint density at radius 2 is 1.93 bits per heavy atom. The highest BCUT2D eigenvalue weighted by molar-refractivity contribution is 5.94. The summed E-state index contributed by atoms with van der Waals surface area (Å²) in [4.78, 5) is 15.4. The average molecular weight is 393 g/mol. The van der Waals surface area contributed by atoms with E-state index in [1.165, 1.54) is 31.5 Å². The molecule has 2 aliphatic rings. The van der Waals surface area contributed by atoms with Gasteiger partial charge in [0.15, 0.2) is 0 Å². The SMILES string of the molecule is C[C@@H]1CCCN(Cc2ccc(C(=O)N[C@@H]3CC(C)(C)Oc4ccccc43)cc2)C1. The number of nitrogens with one attached hydrogen (secondary N) is 1. The zero-order valence-electron chi connectivity index (χ0n) is 17.8. The molecule has 0 aliphatic carbocycles. The van der Waals surface area contributed by atoms with E-state index in [4.69, 9.17) is 4.74 Å². The fraction of sp³-hybridized carbons (Fsp3) is 0.480. The van der Waals surface area contributed by atoms with Gasteiger partial charge in [0.05, 0.1) is 6.04 Å². The van der Waals surface area contributed by atoms with E-state index in [2.05, 4.69) is 43.1 Å². The quantitative estimate of drug-likeness (QED) is 0.800. The zero-order chi connectivity index (χ0) is 20.4. The number of para-hydroxylation sites is 1. The lowest BCUT2D eigenvalue weighted by Crippen LogP contribution is -2.41. The van der Waals surface area contributed by atoms with Crippen molar-refractivity contribution in [3.63, 3.8) is 0 Å². The second-order valence-corrected chi connectivity index (χ2v) is 9.31. The van der Waals surface area contributed by atoms with Crippen molar-refractivity contribution in [3.8, 4) is 5.75 Å². The van der Waals surface area contributed by atoms with Crippen molar-refractivity contribution in [2.75, 3.05) is 13.1 Å². The fourth-order valence-corrected chi connectivity index (χ4v) is 4.62. The third kappa shape index (κ3) is 4.81. The predicted octanol–water partition coefficient (Wildman–Crippen LogP) is 4.95. The lowest BCUT2D eigenvalue weighted by atomic mass is 9.89. The summed E-state index contributed by atoms with van der Waals surface area (Å²) < 4.78 is 6.08. The number of carbonyl (C=O) groups is 1. The molecule has 29 heavy (non-hydrogen) atoms. The molecule has 0 unspecified atom stereocenters. The Morgan fingerprint density at radius 3 is 2.69 bits per heavy atom. The van der Waals surface area contributed by atoms with E-state index in [1.807, 2.05) is 36.4 Å². The molecule has 1 amide bonds. The van der Waals surface area contributed by atoms with Crippen molar-refractivity contribution < 1.29 is 9.53 Å². The zero-order valence-corrected chi connectivity index (χ0v) is 17.8. The smallest absolute Gasteiger partial charge is 0.251 e. The van der Waals surface area contributed by atoms with Crippen molar-refractivity contribution in [1.29, 1.82) is 0 Å². The number of rotatable bonds is 4. The molecule has 1 saturated heterocycles. The molecule has 0 aromatic heterocycles. The van der Waals surface area contributed by atoms with E-state index in [1.54, 1.807) is 0 Å². The van der Waals surface area contributed by atoms with Crippen molar-refractivity contribution in [1.82, 2.24) is 10.2 Å². The van der Waals surface area contributed by atoms with E-state index in [-0.39, 0.29) is 17.6 Å². The van der Waals surface area contributed by atoms with Crippen LogP contribution in [0, 0.1) is 5.92 Å². The van der Waals surface area contributed by atoms with Crippen molar-refractivity contribution in [3.05, 3.63) is 65.2 Å². The first-order valence-electron chi connectivity index (χ1n) is 10.8. The van der Waals surface area contributed by atoms with Crippen LogP contribution in [0.2, 0.25) is 0 Å². The van der Waals surface area contributed by atoms with Crippen LogP contribution >= 0.6 is 0 Å². The summed E-state index contributed by atoms with van der Waals surface area (Å²) in [5.41, 5.74) is 2.73. The maximum Gasteiger partial charge on any atom is 0.251 e. The molecule has 0 spiro atoms. The molecule has 4 heteroatoms. The molecule has 1 N–H and O–H groups in total. The van der Waals surface area contributed by atoms with Crippen LogP contribution < -0.4 is 10.1 Å². The monoisotopic (exact) mass is 392 g/mol. The Bertz CT molecular complexity index is 859. The molecule has 4 rings (SSSR count). The Balaban J connectivity index is 1.42. The highest BCUT2D eigenvalue weighted by Crippen LogP contribution is 2.39. The highest BCUT2D eigenvalue weighted by atomic mass is 16.5. The normalized spacial score (nSPS) is 23.7. The molecule has 0 radical (unpaired) electrons. The van der Waals surface area contributed by atoms with Crippen molar-refractivity contribution in [2.45, 2.75) is 58.2 Å². The van der Waals surface area contributed by atoms with E-state index in [0.29, 0.717) is 5.56 Å². The van der Waals surface area contributed by atoms with Gasteiger partial charge in [0.2, 0.25) is 0 Å². The number of nitrogens with zero attached hydrogens (tertiary/aromatic N) is 1. The molecule has 2 aliphatic heterocycles. The van der Waals surface area contributed by atoms with E-state index >= 15 is 0 Å². The molecule has 1 fully saturated rings. The topological polar surface area (TPSA) is 41.6 Å².